The molecule has 1 aliphatic heterocycles. The van der Waals surface area contributed by atoms with Gasteiger partial charge in [0.2, 0.25) is 5.91 Å². The van der Waals surface area contributed by atoms with E-state index < -0.39 is 16.1 Å². The first-order valence-electron chi connectivity index (χ1n) is 8.09. The Bertz CT molecular complexity index is 956. The minimum atomic E-state index is -3.61. The molecule has 0 aliphatic carbocycles. The van der Waals surface area contributed by atoms with Crippen LogP contribution in [0.4, 0.5) is 0 Å². The number of carbonyl (C=O) groups is 1. The van der Waals surface area contributed by atoms with Gasteiger partial charge in [0.15, 0.2) is 0 Å². The van der Waals surface area contributed by atoms with E-state index in [2.05, 4.69) is 15.0 Å². The van der Waals surface area contributed by atoms with E-state index in [9.17, 15) is 13.2 Å². The van der Waals surface area contributed by atoms with Crippen molar-refractivity contribution >= 4 is 33.4 Å². The zero-order valence-corrected chi connectivity index (χ0v) is 15.6. The molecule has 3 rings (SSSR count). The van der Waals surface area contributed by atoms with Crippen LogP contribution in [-0.2, 0) is 21.2 Å². The van der Waals surface area contributed by atoms with Gasteiger partial charge < -0.3 is 5.32 Å². The van der Waals surface area contributed by atoms with E-state index in [0.29, 0.717) is 23.6 Å². The average molecular weight is 392 g/mol. The van der Waals surface area contributed by atoms with Crippen molar-refractivity contribution in [3.8, 4) is 0 Å². The monoisotopic (exact) mass is 391 g/mol. The second kappa shape index (κ2) is 7.47. The smallest absolute Gasteiger partial charge is 0.263 e. The van der Waals surface area contributed by atoms with Gasteiger partial charge in [-0.05, 0) is 43.2 Å². The van der Waals surface area contributed by atoms with Gasteiger partial charge in [0.1, 0.15) is 11.9 Å². The third kappa shape index (κ3) is 4.05. The molecule has 26 heavy (non-hydrogen) atoms. The highest BCUT2D eigenvalue weighted by atomic mass is 35.5. The third-order valence-electron chi connectivity index (χ3n) is 3.99. The maximum atomic E-state index is 12.2. The van der Waals surface area contributed by atoms with Gasteiger partial charge in [0.25, 0.3) is 10.0 Å². The van der Waals surface area contributed by atoms with Gasteiger partial charge in [-0.1, -0.05) is 35.9 Å². The molecule has 0 bridgehead atoms. The maximum absolute atomic E-state index is 12.2. The van der Waals surface area contributed by atoms with Crippen molar-refractivity contribution in [2.24, 2.45) is 4.99 Å². The SMILES string of the molecule is C[C@@H](N=C1NS(=O)(=O)c2ccccc21)C(=O)NCCc1ccc(Cl)cc1. The predicted octanol–water partition coefficient (Wildman–Crippen LogP) is 2.13. The molecule has 6 nitrogen and oxygen atoms in total. The van der Waals surface area contributed by atoms with Crippen LogP contribution in [0, 0.1) is 0 Å². The van der Waals surface area contributed by atoms with Crippen LogP contribution in [0.25, 0.3) is 0 Å². The second-order valence-electron chi connectivity index (χ2n) is 5.92. The maximum Gasteiger partial charge on any atom is 0.263 e. The lowest BCUT2D eigenvalue weighted by atomic mass is 10.1. The Hall–Kier alpha value is -2.38. The summed E-state index contributed by atoms with van der Waals surface area (Å²) in [5.74, 6) is -0.0732. The number of hydrogen-bond donors (Lipinski definition) is 2. The Morgan fingerprint density at radius 2 is 1.88 bits per heavy atom. The predicted molar refractivity (Wildman–Crippen MR) is 101 cm³/mol. The van der Waals surface area contributed by atoms with Crippen LogP contribution in [0.15, 0.2) is 58.4 Å². The number of rotatable bonds is 5. The number of amides is 1. The molecular weight excluding hydrogens is 374 g/mol. The summed E-state index contributed by atoms with van der Waals surface area (Å²) in [6.45, 7) is 2.08. The standard InChI is InChI=1S/C18H18ClN3O3S/c1-12(18(23)20-11-10-13-6-8-14(19)9-7-13)21-17-15-4-2-3-5-16(15)26(24,25)22-17/h2-9,12H,10-11H2,1H3,(H,20,23)(H,21,22)/t12-/m1/s1. The second-order valence-corrected chi connectivity index (χ2v) is 8.01. The number of nitrogens with zero attached hydrogens (tertiary/aromatic N) is 1. The molecule has 0 fully saturated rings. The number of fused-ring (bicyclic) bond motifs is 1. The molecule has 0 saturated heterocycles. The number of benzene rings is 2. The normalized spacial score (nSPS) is 17.4. The number of halogens is 1. The molecule has 0 radical (unpaired) electrons. The van der Waals surface area contributed by atoms with Crippen molar-refractivity contribution in [1.29, 1.82) is 0 Å². The number of carbonyl (C=O) groups excluding carboxylic acids is 1. The highest BCUT2D eigenvalue weighted by molar-refractivity contribution is 7.90. The number of nitrogens with one attached hydrogen (secondary N) is 2. The largest absolute Gasteiger partial charge is 0.354 e. The Labute approximate surface area is 157 Å². The molecule has 1 atom stereocenters. The van der Waals surface area contributed by atoms with Crippen LogP contribution in [0.2, 0.25) is 5.02 Å². The van der Waals surface area contributed by atoms with E-state index in [-0.39, 0.29) is 16.6 Å². The topological polar surface area (TPSA) is 87.6 Å². The quantitative estimate of drug-likeness (QED) is 0.818. The number of hydrogen-bond acceptors (Lipinski definition) is 4. The van der Waals surface area contributed by atoms with Crippen molar-refractivity contribution in [3.63, 3.8) is 0 Å². The van der Waals surface area contributed by atoms with E-state index in [1.165, 1.54) is 6.07 Å². The minimum Gasteiger partial charge on any atom is -0.354 e. The number of sulfonamides is 1. The van der Waals surface area contributed by atoms with Crippen molar-refractivity contribution in [2.75, 3.05) is 6.54 Å². The average Bonchev–Trinajstić information content (AvgIpc) is 2.87. The fourth-order valence-electron chi connectivity index (χ4n) is 2.61. The number of amidine groups is 1. The van der Waals surface area contributed by atoms with Crippen LogP contribution >= 0.6 is 11.6 Å². The van der Waals surface area contributed by atoms with Crippen molar-refractivity contribution < 1.29 is 13.2 Å². The van der Waals surface area contributed by atoms with Gasteiger partial charge >= 0.3 is 0 Å². The minimum absolute atomic E-state index is 0.175. The van der Waals surface area contributed by atoms with Crippen LogP contribution < -0.4 is 10.0 Å². The summed E-state index contributed by atoms with van der Waals surface area (Å²) in [6, 6.07) is 13.2. The summed E-state index contributed by atoms with van der Waals surface area (Å²) in [6.07, 6.45) is 0.668. The number of aliphatic imine (C=N–C) groups is 1. The highest BCUT2D eigenvalue weighted by Gasteiger charge is 2.31. The zero-order valence-electron chi connectivity index (χ0n) is 14.1. The van der Waals surface area contributed by atoms with Crippen LogP contribution in [0.5, 0.6) is 0 Å². The van der Waals surface area contributed by atoms with Crippen molar-refractivity contribution in [3.05, 3.63) is 64.7 Å². The molecule has 8 heteroatoms. The molecule has 2 aromatic carbocycles. The first kappa shape index (κ1) is 18.4. The fraction of sp³-hybridized carbons (Fsp3) is 0.222. The lowest BCUT2D eigenvalue weighted by Crippen LogP contribution is -2.35. The van der Waals surface area contributed by atoms with E-state index in [4.69, 9.17) is 11.6 Å². The molecule has 1 amide bonds. The summed E-state index contributed by atoms with van der Waals surface area (Å²) < 4.78 is 26.5. The van der Waals surface area contributed by atoms with Gasteiger partial charge in [-0.25, -0.2) is 8.42 Å². The lowest BCUT2D eigenvalue weighted by molar-refractivity contribution is -0.121. The van der Waals surface area contributed by atoms with Gasteiger partial charge in [-0.15, -0.1) is 0 Å². The Morgan fingerprint density at radius 3 is 2.62 bits per heavy atom. The first-order valence-corrected chi connectivity index (χ1v) is 9.95. The fourth-order valence-corrected chi connectivity index (χ4v) is 3.98. The lowest BCUT2D eigenvalue weighted by Gasteiger charge is -2.10. The summed E-state index contributed by atoms with van der Waals surface area (Å²) in [7, 11) is -3.61. The van der Waals surface area contributed by atoms with E-state index in [1.54, 1.807) is 37.3 Å². The zero-order chi connectivity index (χ0) is 18.7. The van der Waals surface area contributed by atoms with Crippen LogP contribution in [-0.4, -0.2) is 32.7 Å². The summed E-state index contributed by atoms with van der Waals surface area (Å²) in [4.78, 5) is 16.7. The van der Waals surface area contributed by atoms with Gasteiger partial charge in [-0.3, -0.25) is 14.5 Å². The molecule has 2 N–H and O–H groups in total. The highest BCUT2D eigenvalue weighted by Crippen LogP contribution is 2.22. The van der Waals surface area contributed by atoms with Crippen LogP contribution in [0.3, 0.4) is 0 Å². The Kier molecular flexibility index (Phi) is 5.29. The van der Waals surface area contributed by atoms with Crippen molar-refractivity contribution in [2.45, 2.75) is 24.3 Å². The molecule has 136 valence electrons. The summed E-state index contributed by atoms with van der Waals surface area (Å²) >= 11 is 5.84. The van der Waals surface area contributed by atoms with Crippen LogP contribution in [0.1, 0.15) is 18.1 Å². The molecular formula is C18H18ClN3O3S. The Morgan fingerprint density at radius 1 is 1.19 bits per heavy atom. The Balaban J connectivity index is 1.62. The summed E-state index contributed by atoms with van der Waals surface area (Å²) in [5.41, 5.74) is 1.54. The molecule has 1 aliphatic rings. The van der Waals surface area contributed by atoms with Gasteiger partial charge in [0.05, 0.1) is 4.90 Å². The van der Waals surface area contributed by atoms with E-state index >= 15 is 0 Å². The molecule has 2 aromatic rings. The summed E-state index contributed by atoms with van der Waals surface area (Å²) in [5, 5.41) is 3.48. The molecule has 0 unspecified atom stereocenters. The van der Waals surface area contributed by atoms with E-state index in [0.717, 1.165) is 5.56 Å². The molecule has 0 spiro atoms. The molecule has 1 heterocycles. The first-order chi connectivity index (χ1) is 12.4. The van der Waals surface area contributed by atoms with Gasteiger partial charge in [-0.2, -0.15) is 0 Å². The van der Waals surface area contributed by atoms with Gasteiger partial charge in [0, 0.05) is 17.1 Å². The third-order valence-corrected chi connectivity index (χ3v) is 5.64. The van der Waals surface area contributed by atoms with E-state index in [1.807, 2.05) is 12.1 Å². The molecule has 0 saturated carbocycles. The van der Waals surface area contributed by atoms with Crippen molar-refractivity contribution in [1.82, 2.24) is 10.0 Å². The molecule has 0 aromatic heterocycles.